The van der Waals surface area contributed by atoms with Crippen molar-refractivity contribution >= 4 is 29.7 Å². The summed E-state index contributed by atoms with van der Waals surface area (Å²) in [6, 6.07) is -4.53. The molecular weight excluding hydrogens is 400 g/mol. The first-order valence-electron chi connectivity index (χ1n) is 9.89. The minimum atomic E-state index is -1.53. The number of carboxylic acids is 2. The van der Waals surface area contributed by atoms with E-state index in [-0.39, 0.29) is 13.0 Å². The van der Waals surface area contributed by atoms with E-state index < -0.39 is 66.4 Å². The fraction of sp³-hybridized carbons (Fsp3) is 0.722. The zero-order valence-electron chi connectivity index (χ0n) is 16.7. The standard InChI is InChI=1S/C18H28N4O8/c1-9(23)14(21-15(26)10-4-2-6-19-10)16(27)20-11(8-13(24)25)17(28)22-7-3-5-12(22)18(29)30/h9-12,14,19,23H,2-8H2,1H3,(H,20,27)(H,21,26)(H,24,25)(H,29,30). The molecule has 2 heterocycles. The van der Waals surface area contributed by atoms with E-state index in [2.05, 4.69) is 16.0 Å². The molecule has 0 aliphatic carbocycles. The molecule has 0 spiro atoms. The SMILES string of the molecule is CC(O)C(NC(=O)C1CCCN1)C(=O)NC(CC(=O)O)C(=O)N1CCCC1C(=O)O. The van der Waals surface area contributed by atoms with Crippen LogP contribution >= 0.6 is 0 Å². The van der Waals surface area contributed by atoms with Gasteiger partial charge in [0.05, 0.1) is 18.6 Å². The minimum Gasteiger partial charge on any atom is -0.481 e. The third-order valence-corrected chi connectivity index (χ3v) is 5.25. The van der Waals surface area contributed by atoms with E-state index >= 15 is 0 Å². The van der Waals surface area contributed by atoms with Crippen LogP contribution in [0.5, 0.6) is 0 Å². The first-order valence-corrected chi connectivity index (χ1v) is 9.89. The normalized spacial score (nSPS) is 24.0. The number of aliphatic hydroxyl groups excluding tert-OH is 1. The van der Waals surface area contributed by atoms with E-state index in [1.54, 1.807) is 0 Å². The van der Waals surface area contributed by atoms with Gasteiger partial charge in [-0.25, -0.2) is 4.79 Å². The molecule has 12 heteroatoms. The van der Waals surface area contributed by atoms with Crippen molar-refractivity contribution in [3.63, 3.8) is 0 Å². The number of carbonyl (C=O) groups is 5. The third-order valence-electron chi connectivity index (χ3n) is 5.25. The second kappa shape index (κ2) is 10.3. The molecule has 2 fully saturated rings. The summed E-state index contributed by atoms with van der Waals surface area (Å²) in [5.74, 6) is -4.82. The number of amides is 3. The van der Waals surface area contributed by atoms with Crippen LogP contribution in [-0.4, -0.2) is 93.2 Å². The van der Waals surface area contributed by atoms with Crippen LogP contribution in [0.4, 0.5) is 0 Å². The minimum absolute atomic E-state index is 0.131. The molecule has 0 aromatic carbocycles. The van der Waals surface area contributed by atoms with Gasteiger partial charge in [-0.2, -0.15) is 0 Å². The van der Waals surface area contributed by atoms with Crippen LogP contribution in [0.1, 0.15) is 39.0 Å². The molecule has 2 aliphatic heterocycles. The van der Waals surface area contributed by atoms with E-state index in [0.717, 1.165) is 11.3 Å². The van der Waals surface area contributed by atoms with Gasteiger partial charge in [-0.05, 0) is 39.2 Å². The molecule has 6 N–H and O–H groups in total. The Hall–Kier alpha value is -2.73. The molecule has 3 amide bonds. The van der Waals surface area contributed by atoms with Crippen LogP contribution in [0.3, 0.4) is 0 Å². The topological polar surface area (TPSA) is 185 Å². The number of carboxylic acid groups (broad SMARTS) is 2. The number of carbonyl (C=O) groups excluding carboxylic acids is 3. The van der Waals surface area contributed by atoms with Gasteiger partial charge in [-0.3, -0.25) is 19.2 Å². The molecule has 2 saturated heterocycles. The third kappa shape index (κ3) is 5.89. The molecule has 2 rings (SSSR count). The van der Waals surface area contributed by atoms with Crippen molar-refractivity contribution < 1.29 is 39.3 Å². The Morgan fingerprint density at radius 3 is 2.33 bits per heavy atom. The van der Waals surface area contributed by atoms with Crippen LogP contribution in [0.25, 0.3) is 0 Å². The summed E-state index contributed by atoms with van der Waals surface area (Å²) in [4.78, 5) is 61.3. The molecule has 0 aromatic heterocycles. The molecule has 0 radical (unpaired) electrons. The molecular formula is C18H28N4O8. The van der Waals surface area contributed by atoms with E-state index in [4.69, 9.17) is 5.11 Å². The lowest BCUT2D eigenvalue weighted by Gasteiger charge is -2.29. The van der Waals surface area contributed by atoms with Gasteiger partial charge >= 0.3 is 11.9 Å². The fourth-order valence-electron chi connectivity index (χ4n) is 3.69. The van der Waals surface area contributed by atoms with Gasteiger partial charge in [0.25, 0.3) is 0 Å². The van der Waals surface area contributed by atoms with Crippen molar-refractivity contribution in [3.05, 3.63) is 0 Å². The van der Waals surface area contributed by atoms with Gasteiger partial charge in [0.2, 0.25) is 17.7 Å². The lowest BCUT2D eigenvalue weighted by Crippen LogP contribution is -2.60. The summed E-state index contributed by atoms with van der Waals surface area (Å²) in [5.41, 5.74) is 0. The molecule has 168 valence electrons. The molecule has 12 nitrogen and oxygen atoms in total. The summed E-state index contributed by atoms with van der Waals surface area (Å²) in [7, 11) is 0. The van der Waals surface area contributed by atoms with Crippen molar-refractivity contribution in [2.24, 2.45) is 0 Å². The van der Waals surface area contributed by atoms with Gasteiger partial charge in [0, 0.05) is 6.54 Å². The summed E-state index contributed by atoms with van der Waals surface area (Å²) in [6.45, 7) is 2.06. The molecule has 5 unspecified atom stereocenters. The smallest absolute Gasteiger partial charge is 0.326 e. The maximum Gasteiger partial charge on any atom is 0.326 e. The Kier molecular flexibility index (Phi) is 8.12. The van der Waals surface area contributed by atoms with Gasteiger partial charge in [0.15, 0.2) is 0 Å². The van der Waals surface area contributed by atoms with Crippen molar-refractivity contribution in [2.45, 2.75) is 69.3 Å². The van der Waals surface area contributed by atoms with Crippen molar-refractivity contribution in [1.29, 1.82) is 0 Å². The van der Waals surface area contributed by atoms with Crippen LogP contribution in [0, 0.1) is 0 Å². The largest absolute Gasteiger partial charge is 0.481 e. The number of aliphatic hydroxyl groups is 1. The second-order valence-electron chi connectivity index (χ2n) is 7.56. The van der Waals surface area contributed by atoms with Gasteiger partial charge in [0.1, 0.15) is 18.1 Å². The number of aliphatic carboxylic acids is 2. The summed E-state index contributed by atoms with van der Waals surface area (Å²) < 4.78 is 0. The highest BCUT2D eigenvalue weighted by Gasteiger charge is 2.39. The molecule has 30 heavy (non-hydrogen) atoms. The molecule has 0 bridgehead atoms. The fourth-order valence-corrected chi connectivity index (χ4v) is 3.69. The Bertz CT molecular complexity index is 692. The number of nitrogens with one attached hydrogen (secondary N) is 3. The number of rotatable bonds is 9. The number of hydrogen-bond acceptors (Lipinski definition) is 7. The van der Waals surface area contributed by atoms with E-state index in [0.29, 0.717) is 19.4 Å². The first-order chi connectivity index (χ1) is 14.1. The van der Waals surface area contributed by atoms with Gasteiger partial charge in [-0.15, -0.1) is 0 Å². The van der Waals surface area contributed by atoms with Crippen molar-refractivity contribution in [1.82, 2.24) is 20.9 Å². The maximum absolute atomic E-state index is 12.8. The lowest BCUT2D eigenvalue weighted by atomic mass is 10.1. The molecule has 2 aliphatic rings. The number of nitrogens with zero attached hydrogens (tertiary/aromatic N) is 1. The molecule has 0 aromatic rings. The maximum atomic E-state index is 12.8. The van der Waals surface area contributed by atoms with E-state index in [1.165, 1.54) is 6.92 Å². The highest BCUT2D eigenvalue weighted by molar-refractivity contribution is 5.96. The Balaban J connectivity index is 2.11. The quantitative estimate of drug-likeness (QED) is 0.234. The highest BCUT2D eigenvalue weighted by atomic mass is 16.4. The van der Waals surface area contributed by atoms with Gasteiger partial charge < -0.3 is 36.2 Å². The van der Waals surface area contributed by atoms with E-state index in [9.17, 15) is 34.2 Å². The van der Waals surface area contributed by atoms with Gasteiger partial charge in [-0.1, -0.05) is 0 Å². The molecule has 0 saturated carbocycles. The summed E-state index contributed by atoms with van der Waals surface area (Å²) >= 11 is 0. The number of hydrogen-bond donors (Lipinski definition) is 6. The zero-order valence-corrected chi connectivity index (χ0v) is 16.7. The second-order valence-corrected chi connectivity index (χ2v) is 7.56. The Morgan fingerprint density at radius 2 is 1.80 bits per heavy atom. The summed E-state index contributed by atoms with van der Waals surface area (Å²) in [5, 5.41) is 36.0. The lowest BCUT2D eigenvalue weighted by molar-refractivity contribution is -0.150. The van der Waals surface area contributed by atoms with Crippen LogP contribution in [0.2, 0.25) is 0 Å². The van der Waals surface area contributed by atoms with Crippen LogP contribution in [-0.2, 0) is 24.0 Å². The average molecular weight is 428 g/mol. The Morgan fingerprint density at radius 1 is 1.10 bits per heavy atom. The average Bonchev–Trinajstić information content (AvgIpc) is 3.35. The van der Waals surface area contributed by atoms with E-state index in [1.807, 2.05) is 0 Å². The highest BCUT2D eigenvalue weighted by Crippen LogP contribution is 2.19. The van der Waals surface area contributed by atoms with Crippen molar-refractivity contribution in [2.75, 3.05) is 13.1 Å². The summed E-state index contributed by atoms with van der Waals surface area (Å²) in [6.07, 6.45) is -0.0370. The van der Waals surface area contributed by atoms with Crippen LogP contribution in [0.15, 0.2) is 0 Å². The van der Waals surface area contributed by atoms with Crippen molar-refractivity contribution in [3.8, 4) is 0 Å². The Labute approximate surface area is 173 Å². The zero-order chi connectivity index (χ0) is 22.4. The number of likely N-dealkylation sites (tertiary alicyclic amines) is 1. The predicted molar refractivity (Wildman–Crippen MR) is 101 cm³/mol. The van der Waals surface area contributed by atoms with Crippen LogP contribution < -0.4 is 16.0 Å². The predicted octanol–water partition coefficient (Wildman–Crippen LogP) is -2.36. The molecule has 5 atom stereocenters. The monoisotopic (exact) mass is 428 g/mol. The first kappa shape index (κ1) is 23.5.